The molecule has 0 aliphatic carbocycles. The first-order valence-electron chi connectivity index (χ1n) is 9.35. The van der Waals surface area contributed by atoms with Crippen LogP contribution in [-0.4, -0.2) is 66.4 Å². The average molecular weight is 349 g/mol. The van der Waals surface area contributed by atoms with Crippen molar-refractivity contribution in [1.82, 2.24) is 14.7 Å². The number of amides is 1. The average Bonchev–Trinajstić information content (AvgIpc) is 2.79. The van der Waals surface area contributed by atoms with E-state index in [1.165, 1.54) is 12.1 Å². The highest BCUT2D eigenvalue weighted by Crippen LogP contribution is 2.20. The molecule has 1 aromatic rings. The number of rotatable bonds is 6. The molecule has 0 N–H and O–H groups in total. The lowest BCUT2D eigenvalue weighted by molar-refractivity contribution is -0.132. The molecule has 0 aromatic heterocycles. The second-order valence-electron chi connectivity index (χ2n) is 7.43. The quantitative estimate of drug-likeness (QED) is 0.790. The Balaban J connectivity index is 2.06. The molecule has 1 aromatic carbocycles. The van der Waals surface area contributed by atoms with Crippen LogP contribution >= 0.6 is 0 Å². The lowest BCUT2D eigenvalue weighted by Crippen LogP contribution is -2.47. The first-order valence-corrected chi connectivity index (χ1v) is 9.35. The molecule has 1 amide bonds. The predicted octanol–water partition coefficient (Wildman–Crippen LogP) is 2.84. The Bertz CT molecular complexity index is 546. The van der Waals surface area contributed by atoms with E-state index in [1.54, 1.807) is 0 Å². The van der Waals surface area contributed by atoms with Crippen LogP contribution in [0.3, 0.4) is 0 Å². The van der Waals surface area contributed by atoms with Gasteiger partial charge in [-0.05, 0) is 43.6 Å². The molecule has 0 bridgehead atoms. The van der Waals surface area contributed by atoms with Gasteiger partial charge in [0.1, 0.15) is 5.82 Å². The van der Waals surface area contributed by atoms with E-state index in [1.807, 2.05) is 29.0 Å². The summed E-state index contributed by atoms with van der Waals surface area (Å²) in [5, 5.41) is 0. The van der Waals surface area contributed by atoms with E-state index in [9.17, 15) is 9.18 Å². The van der Waals surface area contributed by atoms with Crippen LogP contribution in [0, 0.1) is 11.7 Å². The third-order valence-corrected chi connectivity index (χ3v) is 5.12. The summed E-state index contributed by atoms with van der Waals surface area (Å²) < 4.78 is 13.1. The fourth-order valence-corrected chi connectivity index (χ4v) is 3.39. The van der Waals surface area contributed by atoms with Crippen molar-refractivity contribution in [3.05, 3.63) is 35.6 Å². The van der Waals surface area contributed by atoms with E-state index >= 15 is 0 Å². The van der Waals surface area contributed by atoms with Gasteiger partial charge < -0.3 is 4.90 Å². The van der Waals surface area contributed by atoms with Gasteiger partial charge in [0.05, 0.1) is 6.54 Å². The molecule has 1 fully saturated rings. The molecule has 1 aliphatic rings. The second-order valence-corrected chi connectivity index (χ2v) is 7.43. The number of likely N-dealkylation sites (N-methyl/N-ethyl adjacent to an activating group) is 1. The molecule has 25 heavy (non-hydrogen) atoms. The summed E-state index contributed by atoms with van der Waals surface area (Å²) in [6, 6.07) is 7.08. The van der Waals surface area contributed by atoms with Crippen LogP contribution in [0.5, 0.6) is 0 Å². The molecule has 0 spiro atoms. The highest BCUT2D eigenvalue weighted by molar-refractivity contribution is 5.78. The first-order chi connectivity index (χ1) is 11.9. The topological polar surface area (TPSA) is 26.8 Å². The van der Waals surface area contributed by atoms with E-state index in [0.29, 0.717) is 18.5 Å². The van der Waals surface area contributed by atoms with E-state index in [0.717, 1.165) is 44.7 Å². The molecular weight excluding hydrogens is 317 g/mol. The third-order valence-electron chi connectivity index (χ3n) is 5.12. The lowest BCUT2D eigenvalue weighted by atomic mass is 10.0. The minimum atomic E-state index is -0.197. The Kier molecular flexibility index (Phi) is 7.38. The summed E-state index contributed by atoms with van der Waals surface area (Å²) in [7, 11) is 1.98. The zero-order valence-electron chi connectivity index (χ0n) is 16.0. The molecule has 1 saturated heterocycles. The van der Waals surface area contributed by atoms with Crippen LogP contribution in [0.1, 0.15) is 32.8 Å². The van der Waals surface area contributed by atoms with Crippen molar-refractivity contribution in [3.63, 3.8) is 0 Å². The van der Waals surface area contributed by atoms with Crippen LogP contribution in [0.15, 0.2) is 24.3 Å². The van der Waals surface area contributed by atoms with E-state index < -0.39 is 0 Å². The normalized spacial score (nSPS) is 19.5. The van der Waals surface area contributed by atoms with Crippen molar-refractivity contribution in [3.8, 4) is 0 Å². The molecule has 1 heterocycles. The SMILES string of the molecule is CCN(C)CC(=O)N1CCCN(Cc2ccc(F)cc2)[C@H](C(C)C)C1. The summed E-state index contributed by atoms with van der Waals surface area (Å²) in [5.74, 6) is 0.480. The predicted molar refractivity (Wildman–Crippen MR) is 99.8 cm³/mol. The maximum Gasteiger partial charge on any atom is 0.236 e. The zero-order chi connectivity index (χ0) is 18.4. The summed E-state index contributed by atoms with van der Waals surface area (Å²) in [6.07, 6.45) is 0.978. The number of hydrogen-bond donors (Lipinski definition) is 0. The number of hydrogen-bond acceptors (Lipinski definition) is 3. The summed E-state index contributed by atoms with van der Waals surface area (Å²) in [6.45, 7) is 11.2. The van der Waals surface area contributed by atoms with Gasteiger partial charge in [0.25, 0.3) is 0 Å². The molecule has 5 heteroatoms. The van der Waals surface area contributed by atoms with Gasteiger partial charge in [0, 0.05) is 32.2 Å². The maximum atomic E-state index is 13.1. The minimum absolute atomic E-state index is 0.197. The maximum absolute atomic E-state index is 13.1. The van der Waals surface area contributed by atoms with Crippen LogP contribution in [-0.2, 0) is 11.3 Å². The monoisotopic (exact) mass is 349 g/mol. The molecular formula is C20H32FN3O. The standard InChI is InChI=1S/C20H32FN3O/c1-5-22(4)15-20(25)24-12-6-11-23(19(14-24)16(2)3)13-17-7-9-18(21)10-8-17/h7-10,16,19H,5-6,11-15H2,1-4H3/t19-/m0/s1. The highest BCUT2D eigenvalue weighted by Gasteiger charge is 2.29. The lowest BCUT2D eigenvalue weighted by Gasteiger charge is -2.35. The van der Waals surface area contributed by atoms with Gasteiger partial charge in [0.2, 0.25) is 5.91 Å². The third kappa shape index (κ3) is 5.79. The Morgan fingerprint density at radius 2 is 1.96 bits per heavy atom. The number of nitrogens with zero attached hydrogens (tertiary/aromatic N) is 3. The van der Waals surface area contributed by atoms with E-state index in [2.05, 4.69) is 25.7 Å². The van der Waals surface area contributed by atoms with Crippen molar-refractivity contribution >= 4 is 5.91 Å². The molecule has 4 nitrogen and oxygen atoms in total. The van der Waals surface area contributed by atoms with E-state index in [4.69, 9.17) is 0 Å². The Morgan fingerprint density at radius 3 is 2.56 bits per heavy atom. The molecule has 1 atom stereocenters. The fraction of sp³-hybridized carbons (Fsp3) is 0.650. The number of halogens is 1. The molecule has 0 radical (unpaired) electrons. The molecule has 1 aliphatic heterocycles. The van der Waals surface area contributed by atoms with Crippen molar-refractivity contribution < 1.29 is 9.18 Å². The number of benzene rings is 1. The van der Waals surface area contributed by atoms with Crippen molar-refractivity contribution in [2.45, 2.75) is 39.8 Å². The van der Waals surface area contributed by atoms with Gasteiger partial charge in [0.15, 0.2) is 0 Å². The minimum Gasteiger partial charge on any atom is -0.340 e. The molecule has 2 rings (SSSR count). The van der Waals surface area contributed by atoms with Gasteiger partial charge in [-0.3, -0.25) is 14.6 Å². The van der Waals surface area contributed by atoms with Crippen LogP contribution in [0.2, 0.25) is 0 Å². The highest BCUT2D eigenvalue weighted by atomic mass is 19.1. The van der Waals surface area contributed by atoms with Gasteiger partial charge in [-0.2, -0.15) is 0 Å². The zero-order valence-corrected chi connectivity index (χ0v) is 16.0. The molecule has 0 saturated carbocycles. The van der Waals surface area contributed by atoms with Crippen LogP contribution < -0.4 is 0 Å². The fourth-order valence-electron chi connectivity index (χ4n) is 3.39. The smallest absolute Gasteiger partial charge is 0.236 e. The number of carbonyl (C=O) groups excluding carboxylic acids is 1. The summed E-state index contributed by atoms with van der Waals surface area (Å²) in [4.78, 5) is 19.1. The Hall–Kier alpha value is -1.46. The Labute approximate surface area is 151 Å². The van der Waals surface area contributed by atoms with Gasteiger partial charge in [-0.1, -0.05) is 32.9 Å². The molecule has 140 valence electrons. The summed E-state index contributed by atoms with van der Waals surface area (Å²) in [5.41, 5.74) is 1.12. The van der Waals surface area contributed by atoms with Crippen molar-refractivity contribution in [1.29, 1.82) is 0 Å². The van der Waals surface area contributed by atoms with Crippen molar-refractivity contribution in [2.75, 3.05) is 39.8 Å². The van der Waals surface area contributed by atoms with Crippen LogP contribution in [0.25, 0.3) is 0 Å². The largest absolute Gasteiger partial charge is 0.340 e. The van der Waals surface area contributed by atoms with E-state index in [-0.39, 0.29) is 11.7 Å². The van der Waals surface area contributed by atoms with Gasteiger partial charge >= 0.3 is 0 Å². The van der Waals surface area contributed by atoms with Crippen molar-refractivity contribution in [2.24, 2.45) is 5.92 Å². The van der Waals surface area contributed by atoms with Crippen LogP contribution in [0.4, 0.5) is 4.39 Å². The van der Waals surface area contributed by atoms with Gasteiger partial charge in [-0.25, -0.2) is 4.39 Å². The second kappa shape index (κ2) is 9.30. The van der Waals surface area contributed by atoms with Gasteiger partial charge in [-0.15, -0.1) is 0 Å². The molecule has 0 unspecified atom stereocenters. The number of carbonyl (C=O) groups is 1. The summed E-state index contributed by atoms with van der Waals surface area (Å²) >= 11 is 0. The first kappa shape index (κ1) is 19.9. The Morgan fingerprint density at radius 1 is 1.28 bits per heavy atom.